The summed E-state index contributed by atoms with van der Waals surface area (Å²) in [6, 6.07) is 9.54. The Bertz CT molecular complexity index is 487. The highest BCUT2D eigenvalue weighted by atomic mass is 35.5. The predicted octanol–water partition coefficient (Wildman–Crippen LogP) is 5.55. The highest BCUT2D eigenvalue weighted by Crippen LogP contribution is 2.50. The van der Waals surface area contributed by atoms with Crippen LogP contribution in [-0.2, 0) is 0 Å². The Labute approximate surface area is 125 Å². The molecule has 1 aliphatic rings. The molecule has 5 heteroatoms. The highest BCUT2D eigenvalue weighted by molar-refractivity contribution is 6.62. The average Bonchev–Trinajstić information content (AvgIpc) is 2.33. The normalized spacial score (nSPS) is 23.6. The molecule has 0 radical (unpaired) electrons. The number of alkyl halides is 3. The van der Waals surface area contributed by atoms with Gasteiger partial charge in [0.25, 0.3) is 0 Å². The van der Waals surface area contributed by atoms with Crippen molar-refractivity contribution in [3.63, 3.8) is 0 Å². The van der Waals surface area contributed by atoms with Crippen molar-refractivity contribution in [2.24, 2.45) is 0 Å². The summed E-state index contributed by atoms with van der Waals surface area (Å²) in [5, 5.41) is -0.183. The lowest BCUT2D eigenvalue weighted by Crippen LogP contribution is -2.31. The van der Waals surface area contributed by atoms with Crippen LogP contribution in [0.15, 0.2) is 46.5 Å². The summed E-state index contributed by atoms with van der Waals surface area (Å²) in [4.78, 5) is 0. The molecule has 0 amide bonds. The molecule has 0 bridgehead atoms. The van der Waals surface area contributed by atoms with Crippen molar-refractivity contribution < 1.29 is 0 Å². The fourth-order valence-electron chi connectivity index (χ4n) is 1.60. The van der Waals surface area contributed by atoms with Crippen molar-refractivity contribution in [3.05, 3.63) is 52.0 Å². The Balaban J connectivity index is 2.53. The van der Waals surface area contributed by atoms with Gasteiger partial charge in [-0.1, -0.05) is 76.7 Å². The third-order valence-corrected chi connectivity index (χ3v) is 5.17. The van der Waals surface area contributed by atoms with E-state index in [1.54, 1.807) is 6.08 Å². The molecular formula is C12H7Cl5. The summed E-state index contributed by atoms with van der Waals surface area (Å²) in [6.07, 6.45) is 1.69. The predicted molar refractivity (Wildman–Crippen MR) is 77.2 cm³/mol. The van der Waals surface area contributed by atoms with Crippen LogP contribution < -0.4 is 0 Å². The second-order valence-corrected chi connectivity index (χ2v) is 6.22. The molecule has 1 unspecified atom stereocenters. The van der Waals surface area contributed by atoms with E-state index < -0.39 is 9.71 Å². The number of halogens is 5. The first kappa shape index (κ1) is 13.6. The lowest BCUT2D eigenvalue weighted by Gasteiger charge is -2.31. The maximum absolute atomic E-state index is 6.26. The van der Waals surface area contributed by atoms with E-state index in [0.29, 0.717) is 5.03 Å². The van der Waals surface area contributed by atoms with E-state index in [1.807, 2.05) is 30.3 Å². The zero-order valence-electron chi connectivity index (χ0n) is 8.43. The second kappa shape index (κ2) is 5.03. The van der Waals surface area contributed by atoms with E-state index in [-0.39, 0.29) is 5.03 Å². The van der Waals surface area contributed by atoms with Gasteiger partial charge in [0.2, 0.25) is 0 Å². The molecule has 1 aliphatic carbocycles. The summed E-state index contributed by atoms with van der Waals surface area (Å²) >= 11 is 30.5. The molecule has 0 aromatic heterocycles. The van der Waals surface area contributed by atoms with Crippen LogP contribution in [0.3, 0.4) is 0 Å². The fourth-order valence-corrected chi connectivity index (χ4v) is 2.92. The Hall–Kier alpha value is 0.150. The number of hydrogen-bond acceptors (Lipinski definition) is 0. The van der Waals surface area contributed by atoms with Crippen molar-refractivity contribution in [3.8, 4) is 0 Å². The first-order valence-electron chi connectivity index (χ1n) is 4.79. The van der Waals surface area contributed by atoms with Crippen LogP contribution in [-0.4, -0.2) is 9.71 Å². The summed E-state index contributed by atoms with van der Waals surface area (Å²) < 4.78 is -1.40. The molecule has 1 atom stereocenters. The van der Waals surface area contributed by atoms with Gasteiger partial charge in [-0.05, 0) is 17.2 Å². The minimum Gasteiger partial charge on any atom is -0.114 e. The second-order valence-electron chi connectivity index (χ2n) is 3.61. The monoisotopic (exact) mass is 326 g/mol. The standard InChI is InChI=1S/C12H7Cl5/c13-9-6-8(7-4-2-1-3-5-7)10(14)12(16,17)11(9)15/h1-6,10H. The van der Waals surface area contributed by atoms with E-state index in [1.165, 1.54) is 0 Å². The number of rotatable bonds is 1. The molecule has 0 aliphatic heterocycles. The van der Waals surface area contributed by atoms with Crippen LogP contribution >= 0.6 is 58.0 Å². The largest absolute Gasteiger partial charge is 0.175 e. The van der Waals surface area contributed by atoms with Gasteiger partial charge in [0.05, 0.1) is 15.4 Å². The van der Waals surface area contributed by atoms with Crippen molar-refractivity contribution in [2.45, 2.75) is 9.71 Å². The van der Waals surface area contributed by atoms with Crippen LogP contribution in [0.4, 0.5) is 0 Å². The fraction of sp³-hybridized carbons (Fsp3) is 0.167. The Morgan fingerprint density at radius 2 is 1.59 bits per heavy atom. The van der Waals surface area contributed by atoms with Crippen molar-refractivity contribution in [1.82, 2.24) is 0 Å². The molecule has 0 spiro atoms. The molecule has 1 aromatic carbocycles. The molecule has 0 saturated carbocycles. The molecule has 0 saturated heterocycles. The minimum atomic E-state index is -1.40. The molecule has 1 aromatic rings. The third-order valence-electron chi connectivity index (χ3n) is 2.48. The number of allylic oxidation sites excluding steroid dienone is 4. The molecule has 0 heterocycles. The van der Waals surface area contributed by atoms with Gasteiger partial charge in [0.15, 0.2) is 4.33 Å². The average molecular weight is 328 g/mol. The van der Waals surface area contributed by atoms with Crippen LogP contribution in [0.5, 0.6) is 0 Å². The van der Waals surface area contributed by atoms with Gasteiger partial charge in [0.1, 0.15) is 0 Å². The Morgan fingerprint density at radius 1 is 1.00 bits per heavy atom. The highest BCUT2D eigenvalue weighted by Gasteiger charge is 2.43. The van der Waals surface area contributed by atoms with Gasteiger partial charge in [-0.15, -0.1) is 11.6 Å². The summed E-state index contributed by atoms with van der Waals surface area (Å²) in [7, 11) is 0. The van der Waals surface area contributed by atoms with Gasteiger partial charge in [0, 0.05) is 0 Å². The van der Waals surface area contributed by atoms with Crippen molar-refractivity contribution in [1.29, 1.82) is 0 Å². The summed E-state index contributed by atoms with van der Waals surface area (Å²) in [6.45, 7) is 0. The summed E-state index contributed by atoms with van der Waals surface area (Å²) in [5.41, 5.74) is 1.67. The molecular weight excluding hydrogens is 321 g/mol. The van der Waals surface area contributed by atoms with Gasteiger partial charge in [-0.3, -0.25) is 0 Å². The lowest BCUT2D eigenvalue weighted by molar-refractivity contribution is 0.963. The van der Waals surface area contributed by atoms with E-state index in [2.05, 4.69) is 0 Å². The zero-order chi connectivity index (χ0) is 12.6. The topological polar surface area (TPSA) is 0 Å². The van der Waals surface area contributed by atoms with Gasteiger partial charge < -0.3 is 0 Å². The van der Waals surface area contributed by atoms with Gasteiger partial charge in [-0.25, -0.2) is 0 Å². The van der Waals surface area contributed by atoms with E-state index in [4.69, 9.17) is 58.0 Å². The Kier molecular flexibility index (Phi) is 4.02. The quantitative estimate of drug-likeness (QED) is 0.593. The molecule has 2 rings (SSSR count). The lowest BCUT2D eigenvalue weighted by atomic mass is 9.96. The maximum Gasteiger partial charge on any atom is 0.175 e. The van der Waals surface area contributed by atoms with E-state index in [0.717, 1.165) is 11.1 Å². The van der Waals surface area contributed by atoms with E-state index in [9.17, 15) is 0 Å². The smallest absolute Gasteiger partial charge is 0.114 e. The van der Waals surface area contributed by atoms with Crippen molar-refractivity contribution >= 4 is 63.6 Å². The van der Waals surface area contributed by atoms with E-state index >= 15 is 0 Å². The van der Waals surface area contributed by atoms with Crippen molar-refractivity contribution in [2.75, 3.05) is 0 Å². The number of benzene rings is 1. The van der Waals surface area contributed by atoms with Crippen LogP contribution in [0.1, 0.15) is 5.56 Å². The molecule has 0 nitrogen and oxygen atoms in total. The summed E-state index contributed by atoms with van der Waals surface area (Å²) in [5.74, 6) is 0. The third kappa shape index (κ3) is 2.47. The molecule has 90 valence electrons. The maximum atomic E-state index is 6.26. The van der Waals surface area contributed by atoms with Crippen LogP contribution in [0, 0.1) is 0 Å². The minimum absolute atomic E-state index is 0.155. The Morgan fingerprint density at radius 3 is 2.18 bits per heavy atom. The van der Waals surface area contributed by atoms with Gasteiger partial charge >= 0.3 is 0 Å². The number of hydrogen-bond donors (Lipinski definition) is 0. The van der Waals surface area contributed by atoms with Gasteiger partial charge in [-0.2, -0.15) is 0 Å². The SMILES string of the molecule is ClC1=C(Cl)C(Cl)(Cl)C(Cl)C(c2ccccc2)=C1. The first-order valence-corrected chi connectivity index (χ1v) is 6.74. The zero-order valence-corrected chi connectivity index (χ0v) is 12.2. The molecule has 0 fully saturated rings. The van der Waals surface area contributed by atoms with Crippen LogP contribution in [0.25, 0.3) is 5.57 Å². The van der Waals surface area contributed by atoms with Crippen LogP contribution in [0.2, 0.25) is 0 Å². The first-order chi connectivity index (χ1) is 7.94. The molecule has 0 N–H and O–H groups in total. The molecule has 17 heavy (non-hydrogen) atoms.